The minimum absolute atomic E-state index is 0. The summed E-state index contributed by atoms with van der Waals surface area (Å²) in [4.78, 5) is 4.67. The molecule has 0 saturated carbocycles. The number of H-pyrrole nitrogens is 1. The molecule has 0 saturated heterocycles. The number of aromatic amines is 1. The summed E-state index contributed by atoms with van der Waals surface area (Å²) in [7, 11) is 0. The van der Waals surface area contributed by atoms with Crippen LogP contribution in [-0.2, 0) is 13.0 Å². The number of hydrogen-bond acceptors (Lipinski definition) is 3. The summed E-state index contributed by atoms with van der Waals surface area (Å²) < 4.78 is 5.66. The van der Waals surface area contributed by atoms with Gasteiger partial charge in [0.2, 0.25) is 0 Å². The molecule has 0 spiro atoms. The lowest BCUT2D eigenvalue weighted by molar-refractivity contribution is 0.336. The van der Waals surface area contributed by atoms with Crippen LogP contribution in [0, 0.1) is 6.92 Å². The summed E-state index contributed by atoms with van der Waals surface area (Å²) in [5, 5.41) is 13.7. The molecule has 3 N–H and O–H groups in total. The van der Waals surface area contributed by atoms with Crippen molar-refractivity contribution in [1.82, 2.24) is 20.8 Å². The number of para-hydroxylation sites is 1. The number of guanidine groups is 1. The summed E-state index contributed by atoms with van der Waals surface area (Å²) >= 11 is 0. The largest absolute Gasteiger partial charge is 0.494 e. The number of halogens is 1. The number of hydrogen-bond donors (Lipinski definition) is 3. The Bertz CT molecular complexity index is 671. The first kappa shape index (κ1) is 22.3. The van der Waals surface area contributed by atoms with E-state index < -0.39 is 0 Å². The number of aliphatic imine (C=N–C) groups is 1. The highest BCUT2D eigenvalue weighted by molar-refractivity contribution is 14.0. The Morgan fingerprint density at radius 3 is 2.69 bits per heavy atom. The Kier molecular flexibility index (Phi) is 10.8. The number of rotatable bonds is 9. The van der Waals surface area contributed by atoms with E-state index in [0.29, 0.717) is 13.2 Å². The van der Waals surface area contributed by atoms with Gasteiger partial charge in [-0.3, -0.25) is 5.10 Å². The van der Waals surface area contributed by atoms with Crippen LogP contribution in [0.5, 0.6) is 5.75 Å². The molecule has 2 aromatic rings. The molecular weight excluding hydrogens is 441 g/mol. The van der Waals surface area contributed by atoms with Gasteiger partial charge in [-0.25, -0.2) is 4.99 Å². The number of nitrogens with zero attached hydrogens (tertiary/aromatic N) is 2. The van der Waals surface area contributed by atoms with Crippen LogP contribution in [0.2, 0.25) is 0 Å². The van der Waals surface area contributed by atoms with E-state index in [9.17, 15) is 0 Å². The van der Waals surface area contributed by atoms with Gasteiger partial charge in [-0.05, 0) is 45.2 Å². The molecule has 1 aromatic heterocycles. The molecule has 0 aliphatic rings. The van der Waals surface area contributed by atoms with Crippen LogP contribution < -0.4 is 15.4 Å². The fourth-order valence-electron chi connectivity index (χ4n) is 2.55. The summed E-state index contributed by atoms with van der Waals surface area (Å²) in [5.74, 6) is 1.73. The predicted molar refractivity (Wildman–Crippen MR) is 117 cm³/mol. The van der Waals surface area contributed by atoms with Gasteiger partial charge in [0, 0.05) is 24.3 Å². The topological polar surface area (TPSA) is 74.3 Å². The summed E-state index contributed by atoms with van der Waals surface area (Å²) in [6, 6.07) is 8.04. The highest BCUT2D eigenvalue weighted by Gasteiger charge is 2.04. The molecule has 7 heteroatoms. The van der Waals surface area contributed by atoms with Gasteiger partial charge < -0.3 is 15.4 Å². The first-order chi connectivity index (χ1) is 12.2. The van der Waals surface area contributed by atoms with Crippen molar-refractivity contribution in [3.63, 3.8) is 0 Å². The van der Waals surface area contributed by atoms with Gasteiger partial charge in [0.05, 0.1) is 19.3 Å². The third kappa shape index (κ3) is 7.23. The van der Waals surface area contributed by atoms with Gasteiger partial charge in [-0.2, -0.15) is 5.10 Å². The van der Waals surface area contributed by atoms with Crippen molar-refractivity contribution >= 4 is 29.9 Å². The van der Waals surface area contributed by atoms with E-state index in [2.05, 4.69) is 45.7 Å². The highest BCUT2D eigenvalue weighted by Crippen LogP contribution is 2.18. The minimum Gasteiger partial charge on any atom is -0.494 e. The molecule has 0 aliphatic heterocycles. The molecule has 1 aromatic carbocycles. The normalized spacial score (nSPS) is 11.0. The molecule has 0 bridgehead atoms. The third-order valence-electron chi connectivity index (χ3n) is 3.87. The van der Waals surface area contributed by atoms with Crippen LogP contribution in [0.1, 0.15) is 37.1 Å². The van der Waals surface area contributed by atoms with Crippen LogP contribution in [0.25, 0.3) is 0 Å². The molecule has 26 heavy (non-hydrogen) atoms. The van der Waals surface area contributed by atoms with Crippen LogP contribution >= 0.6 is 24.0 Å². The van der Waals surface area contributed by atoms with Crippen molar-refractivity contribution in [1.29, 1.82) is 0 Å². The van der Waals surface area contributed by atoms with Crippen LogP contribution in [0.15, 0.2) is 35.5 Å². The molecule has 0 amide bonds. The second kappa shape index (κ2) is 12.6. The van der Waals surface area contributed by atoms with Crippen LogP contribution in [0.3, 0.4) is 0 Å². The number of ether oxygens (including phenoxy) is 1. The van der Waals surface area contributed by atoms with Gasteiger partial charge in [0.1, 0.15) is 5.75 Å². The summed E-state index contributed by atoms with van der Waals surface area (Å²) in [6.07, 6.45) is 3.93. The van der Waals surface area contributed by atoms with Crippen molar-refractivity contribution < 1.29 is 4.74 Å². The maximum atomic E-state index is 5.66. The second-order valence-corrected chi connectivity index (χ2v) is 5.79. The van der Waals surface area contributed by atoms with E-state index in [1.807, 2.05) is 31.3 Å². The first-order valence-electron chi connectivity index (χ1n) is 8.96. The maximum absolute atomic E-state index is 5.66. The number of aromatic nitrogens is 2. The molecule has 0 radical (unpaired) electrons. The van der Waals surface area contributed by atoms with Gasteiger partial charge in [0.25, 0.3) is 0 Å². The van der Waals surface area contributed by atoms with E-state index in [-0.39, 0.29) is 24.0 Å². The molecule has 0 fully saturated rings. The molecule has 0 unspecified atom stereocenters. The van der Waals surface area contributed by atoms with Crippen molar-refractivity contribution in [2.75, 3.05) is 19.7 Å². The molecule has 6 nitrogen and oxygen atoms in total. The number of aryl methyl sites for hydroxylation is 2. The average Bonchev–Trinajstić information content (AvgIpc) is 3.03. The van der Waals surface area contributed by atoms with Crippen molar-refractivity contribution in [3.05, 3.63) is 47.3 Å². The maximum Gasteiger partial charge on any atom is 0.191 e. The number of nitrogens with one attached hydrogen (secondary N) is 3. The van der Waals surface area contributed by atoms with Gasteiger partial charge in [-0.15, -0.1) is 24.0 Å². The molecule has 0 aliphatic carbocycles. The molecule has 144 valence electrons. The molecular formula is C19H30IN5O. The first-order valence-corrected chi connectivity index (χ1v) is 8.96. The zero-order chi connectivity index (χ0) is 17.9. The molecule has 2 rings (SSSR count). The molecule has 1 heterocycles. The average molecular weight is 471 g/mol. The van der Waals surface area contributed by atoms with Gasteiger partial charge in [0.15, 0.2) is 5.96 Å². The fourth-order valence-corrected chi connectivity index (χ4v) is 2.55. The van der Waals surface area contributed by atoms with E-state index in [0.717, 1.165) is 48.9 Å². The van der Waals surface area contributed by atoms with Crippen LogP contribution in [-0.4, -0.2) is 35.9 Å². The Balaban J connectivity index is 0.00000338. The summed E-state index contributed by atoms with van der Waals surface area (Å²) in [6.45, 7) is 9.06. The van der Waals surface area contributed by atoms with E-state index in [1.54, 1.807) is 0 Å². The van der Waals surface area contributed by atoms with E-state index in [1.165, 1.54) is 5.56 Å². The van der Waals surface area contributed by atoms with Crippen molar-refractivity contribution in [3.8, 4) is 5.75 Å². The smallest absolute Gasteiger partial charge is 0.191 e. The standard InChI is InChI=1S/C19H29N5O.HI/c1-4-20-19(21-12-8-10-16-14-23-24-15(16)3)22-13-17-9-6-7-11-18(17)25-5-2;/h6-7,9,11,14H,4-5,8,10,12-13H2,1-3H3,(H,23,24)(H2,20,21,22);1H. The highest BCUT2D eigenvalue weighted by atomic mass is 127. The van der Waals surface area contributed by atoms with E-state index >= 15 is 0 Å². The predicted octanol–water partition coefficient (Wildman–Crippen LogP) is 3.42. The van der Waals surface area contributed by atoms with Gasteiger partial charge >= 0.3 is 0 Å². The number of benzene rings is 1. The van der Waals surface area contributed by atoms with Crippen molar-refractivity contribution in [2.24, 2.45) is 4.99 Å². The lowest BCUT2D eigenvalue weighted by Crippen LogP contribution is -2.37. The monoisotopic (exact) mass is 471 g/mol. The Labute approximate surface area is 173 Å². The summed E-state index contributed by atoms with van der Waals surface area (Å²) in [5.41, 5.74) is 3.51. The minimum atomic E-state index is 0. The third-order valence-corrected chi connectivity index (χ3v) is 3.87. The lowest BCUT2D eigenvalue weighted by Gasteiger charge is -2.12. The fraction of sp³-hybridized carbons (Fsp3) is 0.474. The Morgan fingerprint density at radius 2 is 2.00 bits per heavy atom. The Hall–Kier alpha value is -1.77. The van der Waals surface area contributed by atoms with E-state index in [4.69, 9.17) is 4.74 Å². The Morgan fingerprint density at radius 1 is 1.19 bits per heavy atom. The second-order valence-electron chi connectivity index (χ2n) is 5.79. The lowest BCUT2D eigenvalue weighted by atomic mass is 10.1. The van der Waals surface area contributed by atoms with Crippen molar-refractivity contribution in [2.45, 2.75) is 40.2 Å². The quantitative estimate of drug-likeness (QED) is 0.227. The van der Waals surface area contributed by atoms with Crippen LogP contribution in [0.4, 0.5) is 0 Å². The zero-order valence-electron chi connectivity index (χ0n) is 15.8. The van der Waals surface area contributed by atoms with Gasteiger partial charge in [-0.1, -0.05) is 18.2 Å². The molecule has 0 atom stereocenters. The SMILES string of the molecule is CCNC(=NCc1ccccc1OCC)NCCCc1cn[nH]c1C.I. The zero-order valence-corrected chi connectivity index (χ0v) is 18.2.